The van der Waals surface area contributed by atoms with Crippen LogP contribution in [0.5, 0.6) is 5.75 Å². The summed E-state index contributed by atoms with van der Waals surface area (Å²) in [5.41, 5.74) is 7.36. The lowest BCUT2D eigenvalue weighted by Crippen LogP contribution is -2.43. The molecule has 6 heteroatoms. The molecule has 0 aliphatic carbocycles. The van der Waals surface area contributed by atoms with Gasteiger partial charge in [-0.2, -0.15) is 0 Å². The number of aryl methyl sites for hydroxylation is 2. The van der Waals surface area contributed by atoms with Crippen LogP contribution in [-0.2, 0) is 9.59 Å². The standard InChI is InChI=1S/C18H19N3O3/c1-13-5-6-14(2)16(10-13)24-12-18(23)21-20-17(22)8-7-15-4-3-9-19-11-15/h3-11H,12H2,1-2H3,(H,20,22)(H,21,23)/b8-7+. The fraction of sp³-hybridized carbons (Fsp3) is 0.167. The lowest BCUT2D eigenvalue weighted by molar-refractivity contribution is -0.128. The summed E-state index contributed by atoms with van der Waals surface area (Å²) in [5, 5.41) is 0. The molecule has 2 amide bonds. The molecule has 1 aromatic heterocycles. The van der Waals surface area contributed by atoms with Gasteiger partial charge in [-0.15, -0.1) is 0 Å². The van der Waals surface area contributed by atoms with Crippen LogP contribution in [0, 0.1) is 13.8 Å². The van der Waals surface area contributed by atoms with E-state index in [0.717, 1.165) is 16.7 Å². The average Bonchev–Trinajstić information content (AvgIpc) is 2.59. The number of pyridine rings is 1. The minimum Gasteiger partial charge on any atom is -0.483 e. The molecule has 0 aliphatic heterocycles. The lowest BCUT2D eigenvalue weighted by Gasteiger charge is -2.10. The molecule has 2 N–H and O–H groups in total. The van der Waals surface area contributed by atoms with Crippen molar-refractivity contribution in [1.82, 2.24) is 15.8 Å². The fourth-order valence-corrected chi connectivity index (χ4v) is 1.86. The number of nitrogens with zero attached hydrogens (tertiary/aromatic N) is 1. The molecule has 1 heterocycles. The molecule has 0 radical (unpaired) electrons. The molecule has 0 aliphatic rings. The quantitative estimate of drug-likeness (QED) is 0.650. The minimum absolute atomic E-state index is 0.184. The van der Waals surface area contributed by atoms with E-state index in [4.69, 9.17) is 4.74 Å². The highest BCUT2D eigenvalue weighted by atomic mass is 16.5. The van der Waals surface area contributed by atoms with Crippen LogP contribution in [0.1, 0.15) is 16.7 Å². The SMILES string of the molecule is Cc1ccc(C)c(OCC(=O)NNC(=O)/C=C/c2cccnc2)c1. The molecule has 0 spiro atoms. The van der Waals surface area contributed by atoms with Gasteiger partial charge in [0.15, 0.2) is 6.61 Å². The summed E-state index contributed by atoms with van der Waals surface area (Å²) in [6.07, 6.45) is 6.18. The van der Waals surface area contributed by atoms with E-state index < -0.39 is 11.8 Å². The number of rotatable bonds is 5. The van der Waals surface area contributed by atoms with Crippen LogP contribution in [0.4, 0.5) is 0 Å². The number of carbonyl (C=O) groups is 2. The molecule has 24 heavy (non-hydrogen) atoms. The Balaban J connectivity index is 1.75. The Labute approximate surface area is 140 Å². The number of hydrogen-bond acceptors (Lipinski definition) is 4. The zero-order chi connectivity index (χ0) is 17.4. The molecular weight excluding hydrogens is 306 g/mol. The van der Waals surface area contributed by atoms with Crippen molar-refractivity contribution in [3.05, 3.63) is 65.5 Å². The summed E-state index contributed by atoms with van der Waals surface area (Å²) in [7, 11) is 0. The number of benzene rings is 1. The average molecular weight is 325 g/mol. The van der Waals surface area contributed by atoms with Crippen LogP contribution in [-0.4, -0.2) is 23.4 Å². The van der Waals surface area contributed by atoms with Gasteiger partial charge in [0.05, 0.1) is 0 Å². The third kappa shape index (κ3) is 5.57. The van der Waals surface area contributed by atoms with Crippen molar-refractivity contribution in [2.24, 2.45) is 0 Å². The molecule has 0 bridgehead atoms. The summed E-state index contributed by atoms with van der Waals surface area (Å²) in [5.74, 6) is -0.245. The largest absolute Gasteiger partial charge is 0.483 e. The maximum atomic E-state index is 11.7. The molecule has 2 rings (SSSR count). The van der Waals surface area contributed by atoms with Gasteiger partial charge in [-0.25, -0.2) is 0 Å². The van der Waals surface area contributed by atoms with E-state index in [1.54, 1.807) is 24.5 Å². The van der Waals surface area contributed by atoms with E-state index in [0.29, 0.717) is 5.75 Å². The van der Waals surface area contributed by atoms with Gasteiger partial charge < -0.3 is 4.74 Å². The number of ether oxygens (including phenoxy) is 1. The van der Waals surface area contributed by atoms with E-state index in [9.17, 15) is 9.59 Å². The van der Waals surface area contributed by atoms with Crippen LogP contribution in [0.3, 0.4) is 0 Å². The Morgan fingerprint density at radius 2 is 2.04 bits per heavy atom. The summed E-state index contributed by atoms with van der Waals surface area (Å²) in [4.78, 5) is 27.3. The molecule has 6 nitrogen and oxygen atoms in total. The van der Waals surface area contributed by atoms with Gasteiger partial charge in [0.1, 0.15) is 5.75 Å². The number of nitrogens with one attached hydrogen (secondary N) is 2. The van der Waals surface area contributed by atoms with Crippen molar-refractivity contribution in [2.75, 3.05) is 6.61 Å². The second-order valence-electron chi connectivity index (χ2n) is 5.21. The predicted octanol–water partition coefficient (Wildman–Crippen LogP) is 1.94. The van der Waals surface area contributed by atoms with Crippen molar-refractivity contribution in [2.45, 2.75) is 13.8 Å². The summed E-state index contributed by atoms with van der Waals surface area (Å²) in [6, 6.07) is 9.33. The third-order valence-electron chi connectivity index (χ3n) is 3.14. The van der Waals surface area contributed by atoms with Crippen LogP contribution < -0.4 is 15.6 Å². The number of hydrazine groups is 1. The first-order valence-corrected chi connectivity index (χ1v) is 7.41. The van der Waals surface area contributed by atoms with Gasteiger partial charge >= 0.3 is 0 Å². The van der Waals surface area contributed by atoms with E-state index in [2.05, 4.69) is 15.8 Å². The van der Waals surface area contributed by atoms with Gasteiger partial charge in [-0.1, -0.05) is 18.2 Å². The van der Waals surface area contributed by atoms with Crippen molar-refractivity contribution in [3.63, 3.8) is 0 Å². The van der Waals surface area contributed by atoms with Crippen molar-refractivity contribution < 1.29 is 14.3 Å². The molecule has 0 saturated carbocycles. The molecular formula is C18H19N3O3. The molecule has 124 valence electrons. The maximum absolute atomic E-state index is 11.7. The normalized spacial score (nSPS) is 10.4. The van der Waals surface area contributed by atoms with Gasteiger partial charge in [0, 0.05) is 18.5 Å². The maximum Gasteiger partial charge on any atom is 0.276 e. The number of hydrogen-bond donors (Lipinski definition) is 2. The highest BCUT2D eigenvalue weighted by molar-refractivity contribution is 5.93. The molecule has 2 aromatic rings. The van der Waals surface area contributed by atoms with Crippen LogP contribution >= 0.6 is 0 Å². The van der Waals surface area contributed by atoms with Crippen LogP contribution in [0.15, 0.2) is 48.8 Å². The van der Waals surface area contributed by atoms with Crippen LogP contribution in [0.25, 0.3) is 6.08 Å². The highest BCUT2D eigenvalue weighted by Crippen LogP contribution is 2.18. The Morgan fingerprint density at radius 3 is 2.79 bits per heavy atom. The molecule has 0 unspecified atom stereocenters. The lowest BCUT2D eigenvalue weighted by atomic mass is 10.1. The third-order valence-corrected chi connectivity index (χ3v) is 3.14. The molecule has 0 saturated heterocycles. The molecule has 0 fully saturated rings. The van der Waals surface area contributed by atoms with Crippen molar-refractivity contribution in [1.29, 1.82) is 0 Å². The smallest absolute Gasteiger partial charge is 0.276 e. The molecule has 1 aromatic carbocycles. The Morgan fingerprint density at radius 1 is 1.21 bits per heavy atom. The first-order valence-electron chi connectivity index (χ1n) is 7.41. The van der Waals surface area contributed by atoms with Crippen LogP contribution in [0.2, 0.25) is 0 Å². The fourth-order valence-electron chi connectivity index (χ4n) is 1.86. The van der Waals surface area contributed by atoms with Gasteiger partial charge in [0.2, 0.25) is 0 Å². The van der Waals surface area contributed by atoms with Crippen molar-refractivity contribution in [3.8, 4) is 5.75 Å². The summed E-state index contributed by atoms with van der Waals surface area (Å²) >= 11 is 0. The number of aromatic nitrogens is 1. The van der Waals surface area contributed by atoms with Gasteiger partial charge in [0.25, 0.3) is 11.8 Å². The topological polar surface area (TPSA) is 80.3 Å². The summed E-state index contributed by atoms with van der Waals surface area (Å²) < 4.78 is 5.45. The summed E-state index contributed by atoms with van der Waals surface area (Å²) in [6.45, 7) is 3.66. The number of amides is 2. The van der Waals surface area contributed by atoms with E-state index in [-0.39, 0.29) is 6.61 Å². The monoisotopic (exact) mass is 325 g/mol. The second kappa shape index (κ2) is 8.47. The minimum atomic E-state index is -0.445. The second-order valence-corrected chi connectivity index (χ2v) is 5.21. The molecule has 0 atom stereocenters. The van der Waals surface area contributed by atoms with E-state index >= 15 is 0 Å². The first-order chi connectivity index (χ1) is 11.5. The predicted molar refractivity (Wildman–Crippen MR) is 91.0 cm³/mol. The zero-order valence-electron chi connectivity index (χ0n) is 13.6. The first kappa shape index (κ1) is 17.2. The Hall–Kier alpha value is -3.15. The van der Waals surface area contributed by atoms with Gasteiger partial charge in [-0.3, -0.25) is 25.4 Å². The Kier molecular flexibility index (Phi) is 6.08. The van der Waals surface area contributed by atoms with E-state index in [1.807, 2.05) is 38.1 Å². The van der Waals surface area contributed by atoms with Gasteiger partial charge in [-0.05, 0) is 48.7 Å². The highest BCUT2D eigenvalue weighted by Gasteiger charge is 2.06. The number of carbonyl (C=O) groups excluding carboxylic acids is 2. The Bertz CT molecular complexity index is 742. The zero-order valence-corrected chi connectivity index (χ0v) is 13.6. The van der Waals surface area contributed by atoms with Crippen molar-refractivity contribution >= 4 is 17.9 Å². The van der Waals surface area contributed by atoms with E-state index in [1.165, 1.54) is 6.08 Å².